The maximum absolute atomic E-state index is 11.4. The van der Waals surface area contributed by atoms with Crippen molar-refractivity contribution in [3.05, 3.63) is 35.4 Å². The largest absolute Gasteiger partial charge is 0.496 e. The van der Waals surface area contributed by atoms with Gasteiger partial charge >= 0.3 is 0 Å². The van der Waals surface area contributed by atoms with Crippen molar-refractivity contribution >= 4 is 11.9 Å². The zero-order valence-electron chi connectivity index (χ0n) is 14.2. The smallest absolute Gasteiger partial charge is 0.150 e. The Morgan fingerprint density at radius 3 is 2.22 bits per heavy atom. The summed E-state index contributed by atoms with van der Waals surface area (Å²) in [6.07, 6.45) is 11.1. The Kier molecular flexibility index (Phi) is 3.59. The highest BCUT2D eigenvalue weighted by molar-refractivity contribution is 6.06. The second-order valence-corrected chi connectivity index (χ2v) is 7.97. The maximum Gasteiger partial charge on any atom is 0.150 e. The molecule has 0 radical (unpaired) electrons. The molecule has 1 aromatic carbocycles. The fourth-order valence-corrected chi connectivity index (χ4v) is 6.05. The lowest BCUT2D eigenvalue weighted by atomic mass is 9.48. The SMILES string of the molecule is CC=C(C=O)c1ccc(OC)c(C23CC4CC(CC(C4)C2)C3)c1. The minimum Gasteiger partial charge on any atom is -0.496 e. The number of carbonyl (C=O) groups excluding carboxylic acids is 1. The minimum absolute atomic E-state index is 0.290. The third-order valence-electron chi connectivity index (χ3n) is 6.58. The van der Waals surface area contributed by atoms with Gasteiger partial charge in [0.1, 0.15) is 12.0 Å². The first-order chi connectivity index (χ1) is 11.2. The third kappa shape index (κ3) is 2.34. The van der Waals surface area contributed by atoms with Gasteiger partial charge in [-0.3, -0.25) is 4.79 Å². The van der Waals surface area contributed by atoms with E-state index in [9.17, 15) is 4.79 Å². The van der Waals surface area contributed by atoms with Gasteiger partial charge in [0.15, 0.2) is 0 Å². The van der Waals surface area contributed by atoms with Crippen LogP contribution in [0.15, 0.2) is 24.3 Å². The molecule has 4 aliphatic rings. The van der Waals surface area contributed by atoms with Crippen LogP contribution >= 0.6 is 0 Å². The molecule has 0 aliphatic heterocycles. The van der Waals surface area contributed by atoms with Gasteiger partial charge < -0.3 is 4.74 Å². The summed E-state index contributed by atoms with van der Waals surface area (Å²) < 4.78 is 5.73. The highest BCUT2D eigenvalue weighted by Crippen LogP contribution is 2.62. The Morgan fingerprint density at radius 2 is 1.74 bits per heavy atom. The molecule has 0 spiro atoms. The molecule has 4 saturated carbocycles. The number of hydrogen-bond donors (Lipinski definition) is 0. The lowest BCUT2D eigenvalue weighted by molar-refractivity contribution is -0.103. The van der Waals surface area contributed by atoms with Crippen molar-refractivity contribution in [2.24, 2.45) is 17.8 Å². The van der Waals surface area contributed by atoms with Gasteiger partial charge in [-0.1, -0.05) is 12.1 Å². The third-order valence-corrected chi connectivity index (χ3v) is 6.58. The van der Waals surface area contributed by atoms with E-state index in [0.29, 0.717) is 0 Å². The van der Waals surface area contributed by atoms with E-state index in [1.54, 1.807) is 7.11 Å². The summed E-state index contributed by atoms with van der Waals surface area (Å²) in [5.41, 5.74) is 3.46. The molecule has 0 heterocycles. The molecule has 5 rings (SSSR count). The molecule has 2 heteroatoms. The lowest BCUT2D eigenvalue weighted by Crippen LogP contribution is -2.48. The van der Waals surface area contributed by atoms with Gasteiger partial charge in [0.25, 0.3) is 0 Å². The molecule has 0 atom stereocenters. The number of allylic oxidation sites excluding steroid dienone is 2. The van der Waals surface area contributed by atoms with E-state index in [4.69, 9.17) is 4.74 Å². The van der Waals surface area contributed by atoms with E-state index in [0.717, 1.165) is 40.9 Å². The highest BCUT2D eigenvalue weighted by atomic mass is 16.5. The van der Waals surface area contributed by atoms with E-state index in [1.165, 1.54) is 44.1 Å². The molecule has 0 saturated heterocycles. The van der Waals surface area contributed by atoms with Crippen LogP contribution in [-0.4, -0.2) is 13.4 Å². The van der Waals surface area contributed by atoms with Crippen LogP contribution in [0.25, 0.3) is 5.57 Å². The zero-order chi connectivity index (χ0) is 16.0. The van der Waals surface area contributed by atoms with E-state index < -0.39 is 0 Å². The Hall–Kier alpha value is -1.57. The molecule has 4 fully saturated rings. The lowest BCUT2D eigenvalue weighted by Gasteiger charge is -2.57. The molecule has 4 bridgehead atoms. The number of aldehydes is 1. The molecule has 0 N–H and O–H groups in total. The van der Waals surface area contributed by atoms with Crippen LogP contribution in [0, 0.1) is 17.8 Å². The van der Waals surface area contributed by atoms with Gasteiger partial charge in [0.05, 0.1) is 7.11 Å². The highest BCUT2D eigenvalue weighted by Gasteiger charge is 2.52. The molecule has 4 aliphatic carbocycles. The average molecular weight is 310 g/mol. The molecule has 23 heavy (non-hydrogen) atoms. The quantitative estimate of drug-likeness (QED) is 0.592. The standard InChI is InChI=1S/C21H26O2/c1-3-17(13-22)18-4-5-20(23-2)19(9-18)21-10-14-6-15(11-21)8-16(7-14)12-21/h3-5,9,13-16H,6-8,10-12H2,1-2H3. The van der Waals surface area contributed by atoms with Crippen LogP contribution in [0.4, 0.5) is 0 Å². The fraction of sp³-hybridized carbons (Fsp3) is 0.571. The molecular weight excluding hydrogens is 284 g/mol. The molecular formula is C21H26O2. The molecule has 0 amide bonds. The first-order valence-corrected chi connectivity index (χ1v) is 8.98. The fourth-order valence-electron chi connectivity index (χ4n) is 6.05. The predicted octanol–water partition coefficient (Wildman–Crippen LogP) is 4.77. The summed E-state index contributed by atoms with van der Waals surface area (Å²) in [7, 11) is 1.77. The van der Waals surface area contributed by atoms with Crippen molar-refractivity contribution in [1.29, 1.82) is 0 Å². The minimum atomic E-state index is 0.290. The Bertz CT molecular complexity index is 621. The number of methoxy groups -OCH3 is 1. The average Bonchev–Trinajstić information content (AvgIpc) is 2.54. The second kappa shape index (κ2) is 5.51. The predicted molar refractivity (Wildman–Crippen MR) is 92.6 cm³/mol. The van der Waals surface area contributed by atoms with Crippen LogP contribution in [0.3, 0.4) is 0 Å². The Labute approximate surface area is 138 Å². The second-order valence-electron chi connectivity index (χ2n) is 7.97. The summed E-state index contributed by atoms with van der Waals surface area (Å²) >= 11 is 0. The van der Waals surface area contributed by atoms with Crippen LogP contribution in [0.5, 0.6) is 5.75 Å². The van der Waals surface area contributed by atoms with Crippen molar-refractivity contribution in [3.8, 4) is 5.75 Å². The van der Waals surface area contributed by atoms with E-state index in [2.05, 4.69) is 12.1 Å². The van der Waals surface area contributed by atoms with Gasteiger partial charge in [-0.05, 0) is 86.3 Å². The molecule has 2 nitrogen and oxygen atoms in total. The normalized spacial score (nSPS) is 35.4. The van der Waals surface area contributed by atoms with Crippen LogP contribution in [0.1, 0.15) is 56.6 Å². The van der Waals surface area contributed by atoms with E-state index in [1.807, 2.05) is 19.1 Å². The van der Waals surface area contributed by atoms with Gasteiger partial charge in [0, 0.05) is 11.1 Å². The van der Waals surface area contributed by atoms with Crippen molar-refractivity contribution in [3.63, 3.8) is 0 Å². The number of benzene rings is 1. The molecule has 122 valence electrons. The first-order valence-electron chi connectivity index (χ1n) is 8.98. The van der Waals surface area contributed by atoms with Crippen LogP contribution < -0.4 is 4.74 Å². The van der Waals surface area contributed by atoms with Gasteiger partial charge in [-0.15, -0.1) is 0 Å². The monoisotopic (exact) mass is 310 g/mol. The van der Waals surface area contributed by atoms with Gasteiger partial charge in [-0.25, -0.2) is 0 Å². The van der Waals surface area contributed by atoms with Crippen molar-refractivity contribution in [2.75, 3.05) is 7.11 Å². The van der Waals surface area contributed by atoms with Crippen LogP contribution in [-0.2, 0) is 10.2 Å². The van der Waals surface area contributed by atoms with E-state index in [-0.39, 0.29) is 5.41 Å². The molecule has 1 aromatic rings. The topological polar surface area (TPSA) is 26.3 Å². The number of rotatable bonds is 4. The zero-order valence-corrected chi connectivity index (χ0v) is 14.2. The van der Waals surface area contributed by atoms with Crippen molar-refractivity contribution in [1.82, 2.24) is 0 Å². The number of ether oxygens (including phenoxy) is 1. The summed E-state index contributed by atoms with van der Waals surface area (Å²) in [5, 5.41) is 0. The first kappa shape index (κ1) is 15.0. The van der Waals surface area contributed by atoms with Crippen LogP contribution in [0.2, 0.25) is 0 Å². The van der Waals surface area contributed by atoms with E-state index >= 15 is 0 Å². The molecule has 0 aromatic heterocycles. The Balaban J connectivity index is 1.81. The van der Waals surface area contributed by atoms with Crippen molar-refractivity contribution in [2.45, 2.75) is 50.9 Å². The number of hydrogen-bond acceptors (Lipinski definition) is 2. The summed E-state index contributed by atoms with van der Waals surface area (Å²) in [5.74, 6) is 3.72. The Morgan fingerprint density at radius 1 is 1.13 bits per heavy atom. The van der Waals surface area contributed by atoms with Gasteiger partial charge in [-0.2, -0.15) is 0 Å². The van der Waals surface area contributed by atoms with Crippen molar-refractivity contribution < 1.29 is 9.53 Å². The molecule has 0 unspecified atom stereocenters. The summed E-state index contributed by atoms with van der Waals surface area (Å²) in [4.78, 5) is 11.4. The number of carbonyl (C=O) groups is 1. The van der Waals surface area contributed by atoms with Gasteiger partial charge in [0.2, 0.25) is 0 Å². The summed E-state index contributed by atoms with van der Waals surface area (Å²) in [6, 6.07) is 6.33. The maximum atomic E-state index is 11.4. The summed E-state index contributed by atoms with van der Waals surface area (Å²) in [6.45, 7) is 1.93.